The van der Waals surface area contributed by atoms with E-state index in [9.17, 15) is 9.90 Å². The highest BCUT2D eigenvalue weighted by Gasteiger charge is 2.20. The number of urea groups is 1. The molecule has 0 heterocycles. The molecule has 1 rings (SSSR count). The van der Waals surface area contributed by atoms with Gasteiger partial charge in [-0.2, -0.15) is 11.8 Å². The van der Waals surface area contributed by atoms with E-state index in [0.717, 1.165) is 18.9 Å². The Morgan fingerprint density at radius 2 is 2.05 bits per heavy atom. The van der Waals surface area contributed by atoms with Crippen LogP contribution in [0.25, 0.3) is 0 Å². The maximum Gasteiger partial charge on any atom is 0.314 e. The van der Waals surface area contributed by atoms with Gasteiger partial charge in [0.25, 0.3) is 0 Å². The van der Waals surface area contributed by atoms with Crippen LogP contribution in [0.1, 0.15) is 45.4 Å². The van der Waals surface area contributed by atoms with Crippen LogP contribution >= 0.6 is 11.8 Å². The van der Waals surface area contributed by atoms with Crippen molar-refractivity contribution in [2.75, 3.05) is 25.1 Å². The van der Waals surface area contributed by atoms with Gasteiger partial charge in [0.05, 0.1) is 5.60 Å². The molecule has 2 amide bonds. The maximum absolute atomic E-state index is 11.5. The maximum atomic E-state index is 11.5. The topological polar surface area (TPSA) is 61.4 Å². The van der Waals surface area contributed by atoms with Crippen molar-refractivity contribution in [3.8, 4) is 0 Å². The lowest BCUT2D eigenvalue weighted by Gasteiger charge is -2.22. The van der Waals surface area contributed by atoms with Gasteiger partial charge in [0.2, 0.25) is 0 Å². The van der Waals surface area contributed by atoms with Crippen LogP contribution in [0.4, 0.5) is 4.79 Å². The SMILES string of the molecule is CSCC(C)(O)CNC(=O)NCCCC1CCCC1. The van der Waals surface area contributed by atoms with Gasteiger partial charge in [0, 0.05) is 18.8 Å². The second kappa shape index (κ2) is 8.69. The van der Waals surface area contributed by atoms with Crippen LogP contribution in [0, 0.1) is 5.92 Å². The summed E-state index contributed by atoms with van der Waals surface area (Å²) in [6.07, 6.45) is 9.71. The number of thioether (sulfide) groups is 1. The lowest BCUT2D eigenvalue weighted by molar-refractivity contribution is 0.0869. The number of carbonyl (C=O) groups excluding carboxylic acids is 1. The monoisotopic (exact) mass is 288 g/mol. The molecule has 1 aliphatic rings. The van der Waals surface area contributed by atoms with Crippen LogP contribution in [-0.4, -0.2) is 41.8 Å². The Morgan fingerprint density at radius 3 is 2.68 bits per heavy atom. The molecule has 0 aliphatic heterocycles. The predicted octanol–water partition coefficient (Wildman–Crippen LogP) is 2.37. The summed E-state index contributed by atoms with van der Waals surface area (Å²) >= 11 is 1.57. The van der Waals surface area contributed by atoms with E-state index in [2.05, 4.69) is 10.6 Å². The molecule has 1 aliphatic carbocycles. The lowest BCUT2D eigenvalue weighted by Crippen LogP contribution is -2.46. The third-order valence-electron chi connectivity index (χ3n) is 3.63. The minimum atomic E-state index is -0.833. The summed E-state index contributed by atoms with van der Waals surface area (Å²) in [6.45, 7) is 2.76. The largest absolute Gasteiger partial charge is 0.387 e. The minimum absolute atomic E-state index is 0.173. The van der Waals surface area contributed by atoms with Gasteiger partial charge in [0.1, 0.15) is 0 Å². The van der Waals surface area contributed by atoms with Gasteiger partial charge in [-0.1, -0.05) is 25.7 Å². The Hall–Kier alpha value is -0.420. The van der Waals surface area contributed by atoms with E-state index >= 15 is 0 Å². The van der Waals surface area contributed by atoms with Crippen LogP contribution in [0.2, 0.25) is 0 Å². The number of aliphatic hydroxyl groups is 1. The van der Waals surface area contributed by atoms with Crippen LogP contribution in [0.3, 0.4) is 0 Å². The summed E-state index contributed by atoms with van der Waals surface area (Å²) in [4.78, 5) is 11.5. The summed E-state index contributed by atoms with van der Waals surface area (Å²) < 4.78 is 0. The van der Waals surface area contributed by atoms with Gasteiger partial charge in [-0.25, -0.2) is 4.79 Å². The van der Waals surface area contributed by atoms with Gasteiger partial charge in [-0.3, -0.25) is 0 Å². The molecule has 1 fully saturated rings. The smallest absolute Gasteiger partial charge is 0.314 e. The molecule has 112 valence electrons. The number of hydrogen-bond acceptors (Lipinski definition) is 3. The average Bonchev–Trinajstić information content (AvgIpc) is 2.85. The normalized spacial score (nSPS) is 19.1. The molecule has 5 heteroatoms. The van der Waals surface area contributed by atoms with E-state index in [4.69, 9.17) is 0 Å². The van der Waals surface area contributed by atoms with Crippen molar-refractivity contribution in [3.63, 3.8) is 0 Å². The molecule has 0 saturated heterocycles. The van der Waals surface area contributed by atoms with Crippen molar-refractivity contribution >= 4 is 17.8 Å². The molecule has 1 saturated carbocycles. The van der Waals surface area contributed by atoms with E-state index in [1.54, 1.807) is 18.7 Å². The Labute approximate surface area is 121 Å². The van der Waals surface area contributed by atoms with Crippen molar-refractivity contribution < 1.29 is 9.90 Å². The fourth-order valence-corrected chi connectivity index (χ4v) is 3.31. The molecular formula is C14H28N2O2S. The second-order valence-electron chi connectivity index (χ2n) is 5.83. The molecule has 1 atom stereocenters. The zero-order valence-electron chi connectivity index (χ0n) is 12.2. The Morgan fingerprint density at radius 1 is 1.37 bits per heavy atom. The molecule has 3 N–H and O–H groups in total. The molecule has 19 heavy (non-hydrogen) atoms. The van der Waals surface area contributed by atoms with E-state index in [-0.39, 0.29) is 6.03 Å². The molecule has 0 spiro atoms. The first-order chi connectivity index (χ1) is 9.03. The van der Waals surface area contributed by atoms with Gasteiger partial charge < -0.3 is 15.7 Å². The number of rotatable bonds is 8. The molecule has 0 aromatic carbocycles. The number of carbonyl (C=O) groups is 1. The zero-order chi connectivity index (χ0) is 14.1. The van der Waals surface area contributed by atoms with Crippen LogP contribution < -0.4 is 10.6 Å². The summed E-state index contributed by atoms with van der Waals surface area (Å²) in [5.74, 6) is 1.50. The van der Waals surface area contributed by atoms with Gasteiger partial charge in [-0.15, -0.1) is 0 Å². The Bertz CT molecular complexity index is 266. The molecular weight excluding hydrogens is 260 g/mol. The zero-order valence-corrected chi connectivity index (χ0v) is 13.0. The van der Waals surface area contributed by atoms with Gasteiger partial charge >= 0.3 is 6.03 Å². The van der Waals surface area contributed by atoms with Gasteiger partial charge in [0.15, 0.2) is 0 Å². The lowest BCUT2D eigenvalue weighted by atomic mass is 10.0. The van der Waals surface area contributed by atoms with E-state index in [0.29, 0.717) is 12.3 Å². The third kappa shape index (κ3) is 7.67. The molecule has 1 unspecified atom stereocenters. The van der Waals surface area contributed by atoms with Crippen molar-refractivity contribution in [3.05, 3.63) is 0 Å². The first-order valence-electron chi connectivity index (χ1n) is 7.26. The molecule has 4 nitrogen and oxygen atoms in total. The Kier molecular flexibility index (Phi) is 7.61. The first kappa shape index (κ1) is 16.6. The highest BCUT2D eigenvalue weighted by molar-refractivity contribution is 7.98. The number of nitrogens with one attached hydrogen (secondary N) is 2. The van der Waals surface area contributed by atoms with E-state index in [1.165, 1.54) is 32.1 Å². The molecule has 0 aromatic rings. The molecule has 0 aromatic heterocycles. The summed E-state index contributed by atoms with van der Waals surface area (Å²) in [6, 6.07) is -0.173. The van der Waals surface area contributed by atoms with Crippen molar-refractivity contribution in [1.82, 2.24) is 10.6 Å². The molecule has 0 radical (unpaired) electrons. The summed E-state index contributed by atoms with van der Waals surface area (Å²) in [5.41, 5.74) is -0.833. The summed E-state index contributed by atoms with van der Waals surface area (Å²) in [5, 5.41) is 15.5. The average molecular weight is 288 g/mol. The highest BCUT2D eigenvalue weighted by atomic mass is 32.2. The molecule has 0 bridgehead atoms. The van der Waals surface area contributed by atoms with E-state index in [1.807, 2.05) is 6.26 Å². The minimum Gasteiger partial charge on any atom is -0.387 e. The standard InChI is InChI=1S/C14H28N2O2S/c1-14(18,11-19-2)10-16-13(17)15-9-5-8-12-6-3-4-7-12/h12,18H,3-11H2,1-2H3,(H2,15,16,17). The quantitative estimate of drug-likeness (QED) is 0.601. The van der Waals surface area contributed by atoms with Crippen LogP contribution in [0.5, 0.6) is 0 Å². The Balaban J connectivity index is 2.01. The van der Waals surface area contributed by atoms with Crippen molar-refractivity contribution in [2.45, 2.75) is 51.0 Å². The van der Waals surface area contributed by atoms with Crippen LogP contribution in [0.15, 0.2) is 0 Å². The number of hydrogen-bond donors (Lipinski definition) is 3. The second-order valence-corrected chi connectivity index (χ2v) is 6.70. The fraction of sp³-hybridized carbons (Fsp3) is 0.929. The number of amides is 2. The predicted molar refractivity (Wildman–Crippen MR) is 81.6 cm³/mol. The van der Waals surface area contributed by atoms with Gasteiger partial charge in [-0.05, 0) is 31.9 Å². The highest BCUT2D eigenvalue weighted by Crippen LogP contribution is 2.28. The first-order valence-corrected chi connectivity index (χ1v) is 8.66. The van der Waals surface area contributed by atoms with Crippen LogP contribution in [-0.2, 0) is 0 Å². The third-order valence-corrected chi connectivity index (χ3v) is 4.55. The van der Waals surface area contributed by atoms with Crippen molar-refractivity contribution in [1.29, 1.82) is 0 Å². The summed E-state index contributed by atoms with van der Waals surface area (Å²) in [7, 11) is 0. The van der Waals surface area contributed by atoms with Crippen molar-refractivity contribution in [2.24, 2.45) is 5.92 Å². The van der Waals surface area contributed by atoms with E-state index < -0.39 is 5.60 Å². The fourth-order valence-electron chi connectivity index (χ4n) is 2.59.